The Morgan fingerprint density at radius 3 is 2.11 bits per heavy atom. The maximum absolute atomic E-state index is 13.4. The van der Waals surface area contributed by atoms with Crippen LogP contribution in [0.3, 0.4) is 0 Å². The molecule has 35 heavy (non-hydrogen) atoms. The van der Waals surface area contributed by atoms with E-state index >= 15 is 0 Å². The first-order valence-corrected chi connectivity index (χ1v) is 11.5. The normalized spacial score (nSPS) is 13.0. The number of fused-ring (bicyclic) bond motifs is 1. The fraction of sp³-hybridized carbons (Fsp3) is 0.217. The maximum atomic E-state index is 13.4. The Balaban J connectivity index is 2.24. The van der Waals surface area contributed by atoms with Crippen molar-refractivity contribution in [1.82, 2.24) is 0 Å². The van der Waals surface area contributed by atoms with Crippen LogP contribution in [0.5, 0.6) is 5.75 Å². The Labute approximate surface area is 197 Å². The number of phenolic OH excluding ortho intramolecular Hbond substituents is 1. The molecule has 0 aliphatic rings. The Kier molecular flexibility index (Phi) is 7.06. The van der Waals surface area contributed by atoms with Crippen molar-refractivity contribution in [3.05, 3.63) is 66.0 Å². The lowest BCUT2D eigenvalue weighted by atomic mass is 9.90. The molecule has 3 aromatic rings. The van der Waals surface area contributed by atoms with E-state index in [1.807, 2.05) is 0 Å². The van der Waals surface area contributed by atoms with Crippen molar-refractivity contribution in [1.29, 1.82) is 0 Å². The number of carbonyl (C=O) groups excluding carboxylic acids is 2. The van der Waals surface area contributed by atoms with E-state index in [1.165, 1.54) is 38.1 Å². The van der Waals surface area contributed by atoms with Crippen LogP contribution in [-0.2, 0) is 24.3 Å². The molecular weight excluding hydrogens is 494 g/mol. The summed E-state index contributed by atoms with van der Waals surface area (Å²) in [7, 11) is -4.39. The number of esters is 1. The molecule has 186 valence electrons. The molecule has 0 bridgehead atoms. The van der Waals surface area contributed by atoms with Gasteiger partial charge in [-0.3, -0.25) is 14.3 Å². The summed E-state index contributed by atoms with van der Waals surface area (Å²) in [4.78, 5) is 24.4. The maximum Gasteiger partial charge on any atom is 0.451 e. The number of ketones is 1. The average Bonchev–Trinajstić information content (AvgIpc) is 2.76. The van der Waals surface area contributed by atoms with Gasteiger partial charge in [0.1, 0.15) is 11.6 Å². The third kappa shape index (κ3) is 5.53. The van der Waals surface area contributed by atoms with Crippen molar-refractivity contribution in [3.63, 3.8) is 0 Å². The summed E-state index contributed by atoms with van der Waals surface area (Å²) in [5.74, 6) is -8.20. The Bertz CT molecular complexity index is 1390. The van der Waals surface area contributed by atoms with Crippen molar-refractivity contribution in [2.24, 2.45) is 0 Å². The quantitative estimate of drug-likeness (QED) is 0.206. The zero-order valence-corrected chi connectivity index (χ0v) is 19.1. The van der Waals surface area contributed by atoms with Gasteiger partial charge in [-0.1, -0.05) is 24.3 Å². The Morgan fingerprint density at radius 1 is 1.00 bits per heavy atom. The zero-order chi connectivity index (χ0) is 26.1. The minimum absolute atomic E-state index is 0.0647. The van der Waals surface area contributed by atoms with Crippen LogP contribution < -0.4 is 4.72 Å². The van der Waals surface area contributed by atoms with Gasteiger partial charge in [0.05, 0.1) is 16.7 Å². The number of Topliss-reactive ketones (excluding diaryl/α,β-unsaturated/α-hetero) is 1. The van der Waals surface area contributed by atoms with E-state index in [4.69, 9.17) is 4.74 Å². The van der Waals surface area contributed by atoms with Gasteiger partial charge in [0, 0.05) is 16.3 Å². The molecular formula is C23H19F4NO6S. The van der Waals surface area contributed by atoms with Gasteiger partial charge in [0.2, 0.25) is 0 Å². The summed E-state index contributed by atoms with van der Waals surface area (Å²) in [6, 6.07) is 10.0. The van der Waals surface area contributed by atoms with E-state index in [1.54, 1.807) is 0 Å². The van der Waals surface area contributed by atoms with Gasteiger partial charge in [0.25, 0.3) is 15.8 Å². The lowest BCUT2D eigenvalue weighted by molar-refractivity contribution is -0.178. The third-order valence-electron chi connectivity index (χ3n) is 4.85. The molecule has 12 heteroatoms. The molecule has 0 saturated heterocycles. The molecule has 3 aromatic carbocycles. The number of alkyl halides is 3. The largest absolute Gasteiger partial charge is 0.507 e. The van der Waals surface area contributed by atoms with Crippen molar-refractivity contribution < 1.29 is 45.4 Å². The van der Waals surface area contributed by atoms with E-state index in [0.29, 0.717) is 0 Å². The smallest absolute Gasteiger partial charge is 0.451 e. The third-order valence-corrected chi connectivity index (χ3v) is 6.24. The SMILES string of the molecule is CC(C)OC(=O)[C@@H](C(=O)C(F)(F)F)c1cc(NS(=O)(=O)c2ccc(F)cc2)c2ccccc2c1O. The predicted octanol–water partition coefficient (Wildman–Crippen LogP) is 4.65. The second-order valence-corrected chi connectivity index (χ2v) is 9.43. The summed E-state index contributed by atoms with van der Waals surface area (Å²) < 4.78 is 86.1. The number of hydrogen-bond acceptors (Lipinski definition) is 6. The number of aromatic hydroxyl groups is 1. The summed E-state index contributed by atoms with van der Waals surface area (Å²) in [5, 5.41) is 10.7. The molecule has 0 aromatic heterocycles. The van der Waals surface area contributed by atoms with Crippen LogP contribution in [0, 0.1) is 5.82 Å². The van der Waals surface area contributed by atoms with E-state index in [-0.39, 0.29) is 21.4 Å². The van der Waals surface area contributed by atoms with Crippen molar-refractivity contribution in [3.8, 4) is 5.75 Å². The predicted molar refractivity (Wildman–Crippen MR) is 118 cm³/mol. The molecule has 0 aliphatic heterocycles. The number of anilines is 1. The Morgan fingerprint density at radius 2 is 1.57 bits per heavy atom. The van der Waals surface area contributed by atoms with Gasteiger partial charge in [-0.25, -0.2) is 12.8 Å². The molecule has 0 amide bonds. The summed E-state index contributed by atoms with van der Waals surface area (Å²) in [5.41, 5.74) is -1.12. The second kappa shape index (κ2) is 9.53. The lowest BCUT2D eigenvalue weighted by Gasteiger charge is -2.21. The molecule has 2 N–H and O–H groups in total. The minimum atomic E-state index is -5.47. The number of sulfonamides is 1. The number of phenols is 1. The molecule has 0 radical (unpaired) electrons. The molecule has 7 nitrogen and oxygen atoms in total. The molecule has 0 unspecified atom stereocenters. The van der Waals surface area contributed by atoms with Crippen molar-refractivity contribution in [2.75, 3.05) is 4.72 Å². The van der Waals surface area contributed by atoms with Gasteiger partial charge in [0.15, 0.2) is 5.92 Å². The number of hydrogen-bond donors (Lipinski definition) is 2. The monoisotopic (exact) mass is 513 g/mol. The number of rotatable bonds is 7. The molecule has 3 rings (SSSR count). The molecule has 0 heterocycles. The van der Waals surface area contributed by atoms with Crippen molar-refractivity contribution in [2.45, 2.75) is 36.9 Å². The zero-order valence-electron chi connectivity index (χ0n) is 18.3. The van der Waals surface area contributed by atoms with Crippen molar-refractivity contribution >= 4 is 38.2 Å². The fourth-order valence-electron chi connectivity index (χ4n) is 3.34. The van der Waals surface area contributed by atoms with Crippen LogP contribution >= 0.6 is 0 Å². The molecule has 0 saturated carbocycles. The number of ether oxygens (including phenoxy) is 1. The van der Waals surface area contributed by atoms with E-state index in [0.717, 1.165) is 30.3 Å². The summed E-state index contributed by atoms with van der Waals surface area (Å²) in [6.07, 6.45) is -6.35. The van der Waals surface area contributed by atoms with Crippen LogP contribution in [0.15, 0.2) is 59.5 Å². The first-order chi connectivity index (χ1) is 16.2. The van der Waals surface area contributed by atoms with Gasteiger partial charge in [-0.2, -0.15) is 13.2 Å². The lowest BCUT2D eigenvalue weighted by Crippen LogP contribution is -2.35. The molecule has 0 fully saturated rings. The summed E-state index contributed by atoms with van der Waals surface area (Å²) >= 11 is 0. The number of nitrogens with one attached hydrogen (secondary N) is 1. The van der Waals surface area contributed by atoms with Crippen LogP contribution in [0.2, 0.25) is 0 Å². The van der Waals surface area contributed by atoms with Gasteiger partial charge < -0.3 is 9.84 Å². The van der Waals surface area contributed by atoms with E-state index in [2.05, 4.69) is 4.72 Å². The van der Waals surface area contributed by atoms with Gasteiger partial charge >= 0.3 is 12.1 Å². The number of halogens is 4. The highest BCUT2D eigenvalue weighted by atomic mass is 32.2. The van der Waals surface area contributed by atoms with Crippen LogP contribution in [0.1, 0.15) is 25.3 Å². The molecule has 0 spiro atoms. The number of carbonyl (C=O) groups is 2. The van der Waals surface area contributed by atoms with Gasteiger partial charge in [-0.05, 0) is 44.2 Å². The minimum Gasteiger partial charge on any atom is -0.507 e. The summed E-state index contributed by atoms with van der Waals surface area (Å²) in [6.45, 7) is 2.71. The first-order valence-electron chi connectivity index (χ1n) is 10.1. The topological polar surface area (TPSA) is 110 Å². The molecule has 0 aliphatic carbocycles. The van der Waals surface area contributed by atoms with Crippen LogP contribution in [0.25, 0.3) is 10.8 Å². The van der Waals surface area contributed by atoms with Crippen LogP contribution in [-0.4, -0.2) is 37.6 Å². The highest BCUT2D eigenvalue weighted by molar-refractivity contribution is 7.92. The standard InChI is InChI=1S/C23H19F4NO6S/c1-12(2)34-22(31)19(21(30)23(25,26)27)17-11-18(15-5-3-4-6-16(15)20(17)29)28-35(32,33)14-9-7-13(24)8-10-14/h3-12,19,28-29H,1-2H3/t19-/m1/s1. The fourth-order valence-corrected chi connectivity index (χ4v) is 4.41. The van der Waals surface area contributed by atoms with E-state index in [9.17, 15) is 40.7 Å². The van der Waals surface area contributed by atoms with Gasteiger partial charge in [-0.15, -0.1) is 0 Å². The number of benzene rings is 3. The second-order valence-electron chi connectivity index (χ2n) is 7.75. The van der Waals surface area contributed by atoms with Crippen LogP contribution in [0.4, 0.5) is 23.2 Å². The average molecular weight is 513 g/mol. The highest BCUT2D eigenvalue weighted by Crippen LogP contribution is 2.41. The highest BCUT2D eigenvalue weighted by Gasteiger charge is 2.49. The van der Waals surface area contributed by atoms with E-state index < -0.39 is 57.1 Å². The first kappa shape index (κ1) is 25.9. The Hall–Kier alpha value is -3.67. The molecule has 1 atom stereocenters.